The van der Waals surface area contributed by atoms with Crippen LogP contribution < -0.4 is 9.47 Å². The van der Waals surface area contributed by atoms with E-state index in [0.29, 0.717) is 0 Å². The van der Waals surface area contributed by atoms with Gasteiger partial charge in [0.25, 0.3) is 0 Å². The second-order valence-electron chi connectivity index (χ2n) is 5.48. The molecule has 0 radical (unpaired) electrons. The van der Waals surface area contributed by atoms with Crippen LogP contribution in [-0.2, 0) is 6.54 Å². The molecule has 1 aromatic rings. The minimum absolute atomic E-state index is 0.815. The number of methoxy groups -OCH3 is 2. The largest absolute Gasteiger partial charge is 0.496 e. The summed E-state index contributed by atoms with van der Waals surface area (Å²) < 4.78 is 11.8. The summed E-state index contributed by atoms with van der Waals surface area (Å²) in [5.41, 5.74) is 1.22. The molecule has 1 fully saturated rings. The molecule has 0 bridgehead atoms. The molecule has 0 atom stereocenters. The topological polar surface area (TPSA) is 21.7 Å². The van der Waals surface area contributed by atoms with Gasteiger partial charge in [0, 0.05) is 24.7 Å². The number of benzene rings is 1. The Hall–Kier alpha value is -0.740. The van der Waals surface area contributed by atoms with Gasteiger partial charge in [-0.25, -0.2) is 0 Å². The fourth-order valence-electron chi connectivity index (χ4n) is 2.50. The van der Waals surface area contributed by atoms with Crippen molar-refractivity contribution in [2.45, 2.75) is 32.7 Å². The van der Waals surface area contributed by atoms with Gasteiger partial charge in [0.2, 0.25) is 0 Å². The van der Waals surface area contributed by atoms with Crippen molar-refractivity contribution in [3.05, 3.63) is 22.2 Å². The second-order valence-corrected chi connectivity index (χ2v) is 6.33. The summed E-state index contributed by atoms with van der Waals surface area (Å²) in [4.78, 5) is 2.54. The summed E-state index contributed by atoms with van der Waals surface area (Å²) in [6, 6.07) is 4.08. The average Bonchev–Trinajstić information content (AvgIpc) is 3.23. The lowest BCUT2D eigenvalue weighted by Crippen LogP contribution is -2.26. The molecule has 4 heteroatoms. The van der Waals surface area contributed by atoms with E-state index in [1.54, 1.807) is 14.2 Å². The lowest BCUT2D eigenvalue weighted by molar-refractivity contribution is 0.250. The number of hydrogen-bond acceptors (Lipinski definition) is 3. The quantitative estimate of drug-likeness (QED) is 0.710. The molecule has 20 heavy (non-hydrogen) atoms. The van der Waals surface area contributed by atoms with Crippen molar-refractivity contribution in [3.8, 4) is 11.5 Å². The maximum absolute atomic E-state index is 5.51. The van der Waals surface area contributed by atoms with Gasteiger partial charge in [0.1, 0.15) is 11.5 Å². The van der Waals surface area contributed by atoms with Gasteiger partial charge in [-0.05, 0) is 53.7 Å². The predicted molar refractivity (Wildman–Crippen MR) is 85.5 cm³/mol. The van der Waals surface area contributed by atoms with E-state index in [9.17, 15) is 0 Å². The summed E-state index contributed by atoms with van der Waals surface area (Å²) >= 11 is 3.56. The van der Waals surface area contributed by atoms with Gasteiger partial charge >= 0.3 is 0 Å². The first-order valence-corrected chi connectivity index (χ1v) is 8.10. The van der Waals surface area contributed by atoms with Crippen LogP contribution in [0.25, 0.3) is 0 Å². The Balaban J connectivity index is 2.14. The van der Waals surface area contributed by atoms with Crippen LogP contribution in [0.3, 0.4) is 0 Å². The molecule has 0 unspecified atom stereocenters. The Morgan fingerprint density at radius 2 is 1.90 bits per heavy atom. The Kier molecular flexibility index (Phi) is 5.73. The van der Waals surface area contributed by atoms with Crippen LogP contribution in [0, 0.1) is 5.92 Å². The molecule has 1 aliphatic carbocycles. The molecule has 1 aromatic carbocycles. The van der Waals surface area contributed by atoms with Crippen molar-refractivity contribution in [2.24, 2.45) is 5.92 Å². The van der Waals surface area contributed by atoms with E-state index < -0.39 is 0 Å². The van der Waals surface area contributed by atoms with Gasteiger partial charge in [0.05, 0.1) is 18.7 Å². The highest BCUT2D eigenvalue weighted by Gasteiger charge is 2.24. The lowest BCUT2D eigenvalue weighted by Gasteiger charge is -2.23. The lowest BCUT2D eigenvalue weighted by atomic mass is 10.1. The third-order valence-corrected chi connectivity index (χ3v) is 4.32. The zero-order chi connectivity index (χ0) is 14.5. The van der Waals surface area contributed by atoms with E-state index in [1.807, 2.05) is 6.07 Å². The molecule has 0 aromatic heterocycles. The fraction of sp³-hybridized carbons (Fsp3) is 0.625. The van der Waals surface area contributed by atoms with Crippen LogP contribution in [0.4, 0.5) is 0 Å². The van der Waals surface area contributed by atoms with Crippen molar-refractivity contribution >= 4 is 15.9 Å². The summed E-state index contributed by atoms with van der Waals surface area (Å²) in [6.07, 6.45) is 3.97. The zero-order valence-electron chi connectivity index (χ0n) is 12.6. The molecule has 1 aliphatic rings. The summed E-state index contributed by atoms with van der Waals surface area (Å²) in [5.74, 6) is 2.63. The molecule has 0 aliphatic heterocycles. The van der Waals surface area contributed by atoms with Crippen molar-refractivity contribution in [1.29, 1.82) is 0 Å². The first-order chi connectivity index (χ1) is 9.67. The fourth-order valence-corrected chi connectivity index (χ4v) is 3.06. The number of halogens is 1. The van der Waals surface area contributed by atoms with Crippen LogP contribution in [0.5, 0.6) is 11.5 Å². The van der Waals surface area contributed by atoms with Gasteiger partial charge in [-0.3, -0.25) is 4.90 Å². The smallest absolute Gasteiger partial charge is 0.136 e. The van der Waals surface area contributed by atoms with E-state index in [0.717, 1.165) is 35.0 Å². The van der Waals surface area contributed by atoms with Gasteiger partial charge in [-0.2, -0.15) is 0 Å². The van der Waals surface area contributed by atoms with E-state index in [1.165, 1.54) is 31.4 Å². The molecule has 3 nitrogen and oxygen atoms in total. The molecule has 0 amide bonds. The van der Waals surface area contributed by atoms with E-state index >= 15 is 0 Å². The summed E-state index contributed by atoms with van der Waals surface area (Å²) in [5, 5.41) is 0. The second kappa shape index (κ2) is 7.32. The Morgan fingerprint density at radius 3 is 2.45 bits per heavy atom. The molecule has 0 heterocycles. The third kappa shape index (κ3) is 4.13. The number of nitrogens with zero attached hydrogens (tertiary/aromatic N) is 1. The average molecular weight is 342 g/mol. The predicted octanol–water partition coefficient (Wildman–Crippen LogP) is 4.09. The van der Waals surface area contributed by atoms with Crippen LogP contribution in [0.1, 0.15) is 31.7 Å². The number of rotatable bonds is 8. The summed E-state index contributed by atoms with van der Waals surface area (Å²) in [6.45, 7) is 5.53. The molecule has 0 N–H and O–H groups in total. The summed E-state index contributed by atoms with van der Waals surface area (Å²) in [7, 11) is 3.40. The maximum Gasteiger partial charge on any atom is 0.136 e. The van der Waals surface area contributed by atoms with E-state index in [-0.39, 0.29) is 0 Å². The van der Waals surface area contributed by atoms with Crippen LogP contribution in [0.2, 0.25) is 0 Å². The van der Waals surface area contributed by atoms with Gasteiger partial charge in [-0.15, -0.1) is 0 Å². The molecular formula is C16H24BrNO2. The first-order valence-electron chi connectivity index (χ1n) is 7.30. The molecule has 0 saturated heterocycles. The zero-order valence-corrected chi connectivity index (χ0v) is 14.2. The Morgan fingerprint density at radius 1 is 1.20 bits per heavy atom. The highest BCUT2D eigenvalue weighted by atomic mass is 79.9. The number of hydrogen-bond donors (Lipinski definition) is 0. The molecule has 112 valence electrons. The van der Waals surface area contributed by atoms with E-state index in [2.05, 4.69) is 33.8 Å². The van der Waals surface area contributed by atoms with Crippen LogP contribution >= 0.6 is 15.9 Å². The van der Waals surface area contributed by atoms with Gasteiger partial charge in [-0.1, -0.05) is 6.92 Å². The molecule has 0 spiro atoms. The van der Waals surface area contributed by atoms with E-state index in [4.69, 9.17) is 9.47 Å². The van der Waals surface area contributed by atoms with Gasteiger partial charge < -0.3 is 9.47 Å². The number of ether oxygens (including phenoxy) is 2. The Labute approximate surface area is 130 Å². The monoisotopic (exact) mass is 341 g/mol. The van der Waals surface area contributed by atoms with Crippen molar-refractivity contribution in [2.75, 3.05) is 27.3 Å². The van der Waals surface area contributed by atoms with Crippen molar-refractivity contribution in [3.63, 3.8) is 0 Å². The SMILES string of the molecule is CCCN(Cc1cc(Br)c(OC)cc1OC)CC1CC1. The van der Waals surface area contributed by atoms with Crippen molar-refractivity contribution in [1.82, 2.24) is 4.90 Å². The standard InChI is InChI=1S/C16H24BrNO2/c1-4-7-18(10-12-5-6-12)11-13-8-14(17)16(20-3)9-15(13)19-2/h8-9,12H,4-7,10-11H2,1-3H3. The maximum atomic E-state index is 5.51. The normalized spacial score (nSPS) is 14.7. The minimum atomic E-state index is 0.815. The van der Waals surface area contributed by atoms with Crippen LogP contribution in [0.15, 0.2) is 16.6 Å². The van der Waals surface area contributed by atoms with Gasteiger partial charge in [0.15, 0.2) is 0 Å². The highest BCUT2D eigenvalue weighted by Crippen LogP contribution is 2.35. The van der Waals surface area contributed by atoms with Crippen molar-refractivity contribution < 1.29 is 9.47 Å². The van der Waals surface area contributed by atoms with Crippen LogP contribution in [-0.4, -0.2) is 32.2 Å². The Bertz CT molecular complexity index is 446. The first kappa shape index (κ1) is 15.6. The third-order valence-electron chi connectivity index (χ3n) is 3.70. The molecule has 2 rings (SSSR count). The molecule has 1 saturated carbocycles. The molecular weight excluding hydrogens is 318 g/mol. The minimum Gasteiger partial charge on any atom is -0.496 e. The highest BCUT2D eigenvalue weighted by molar-refractivity contribution is 9.10.